The maximum absolute atomic E-state index is 12.7. The molecule has 3 rings (SSSR count). The van der Waals surface area contributed by atoms with Gasteiger partial charge in [-0.25, -0.2) is 9.97 Å². The molecular formula is C15H20F3N5S. The molecule has 1 aliphatic heterocycles. The topological polar surface area (TPSA) is 57.7 Å². The number of hydrogen-bond donors (Lipinski definition) is 1. The van der Waals surface area contributed by atoms with Crippen molar-refractivity contribution in [2.75, 3.05) is 18.0 Å². The molecule has 2 aromatic heterocycles. The lowest BCUT2D eigenvalue weighted by Gasteiger charge is -2.30. The molecular weight excluding hydrogens is 339 g/mol. The Morgan fingerprint density at radius 3 is 2.62 bits per heavy atom. The number of nitrogens with zero attached hydrogens (tertiary/aromatic N) is 4. The van der Waals surface area contributed by atoms with Crippen molar-refractivity contribution in [3.8, 4) is 0 Å². The van der Waals surface area contributed by atoms with Crippen LogP contribution >= 0.6 is 11.5 Å². The predicted octanol–water partition coefficient (Wildman–Crippen LogP) is 3.86. The summed E-state index contributed by atoms with van der Waals surface area (Å²) in [6, 6.07) is 0. The summed E-state index contributed by atoms with van der Waals surface area (Å²) in [6.07, 6.45) is -1.12. The van der Waals surface area contributed by atoms with Crippen LogP contribution in [0.1, 0.15) is 49.9 Å². The maximum atomic E-state index is 12.7. The molecule has 0 amide bonds. The van der Waals surface area contributed by atoms with Gasteiger partial charge in [0.05, 0.1) is 6.20 Å². The van der Waals surface area contributed by atoms with Crippen molar-refractivity contribution < 1.29 is 13.2 Å². The fraction of sp³-hybridized carbons (Fsp3) is 0.667. The van der Waals surface area contributed by atoms with E-state index in [2.05, 4.69) is 38.1 Å². The van der Waals surface area contributed by atoms with Crippen molar-refractivity contribution in [1.82, 2.24) is 19.3 Å². The van der Waals surface area contributed by atoms with Crippen molar-refractivity contribution in [2.45, 2.75) is 45.2 Å². The average molecular weight is 359 g/mol. The standard InChI is InChI=1S/C15H20F3N5S/c1-9(2)7-12-21-14(24-22-12)23-5-3-10(4-6-23)13-19-8-11(20-13)15(16,17)18/h8-10H,3-7H2,1-2H3,(H,19,20). The van der Waals surface area contributed by atoms with Gasteiger partial charge in [0.25, 0.3) is 0 Å². The van der Waals surface area contributed by atoms with Gasteiger partial charge in [0, 0.05) is 37.0 Å². The first-order chi connectivity index (χ1) is 11.3. The highest BCUT2D eigenvalue weighted by Gasteiger charge is 2.34. The molecule has 1 fully saturated rings. The molecule has 0 unspecified atom stereocenters. The van der Waals surface area contributed by atoms with Crippen molar-refractivity contribution in [3.63, 3.8) is 0 Å². The second-order valence-corrected chi connectivity index (χ2v) is 7.26. The zero-order chi connectivity index (χ0) is 17.3. The molecule has 1 saturated heterocycles. The van der Waals surface area contributed by atoms with Crippen molar-refractivity contribution in [2.24, 2.45) is 5.92 Å². The third kappa shape index (κ3) is 3.88. The fourth-order valence-electron chi connectivity index (χ4n) is 2.85. The van der Waals surface area contributed by atoms with Crippen LogP contribution in [0, 0.1) is 5.92 Å². The number of nitrogens with one attached hydrogen (secondary N) is 1. The zero-order valence-corrected chi connectivity index (χ0v) is 14.4. The average Bonchev–Trinajstić information content (AvgIpc) is 3.15. The van der Waals surface area contributed by atoms with E-state index in [9.17, 15) is 13.2 Å². The predicted molar refractivity (Wildman–Crippen MR) is 86.2 cm³/mol. The number of anilines is 1. The highest BCUT2D eigenvalue weighted by Crippen LogP contribution is 2.33. The zero-order valence-electron chi connectivity index (χ0n) is 13.6. The summed E-state index contributed by atoms with van der Waals surface area (Å²) in [6.45, 7) is 5.77. The molecule has 1 N–H and O–H groups in total. The van der Waals surface area contributed by atoms with E-state index in [1.807, 2.05) is 0 Å². The summed E-state index contributed by atoms with van der Waals surface area (Å²) in [5.41, 5.74) is -0.776. The quantitative estimate of drug-likeness (QED) is 0.900. The number of aromatic amines is 1. The van der Waals surface area contributed by atoms with Gasteiger partial charge in [0.1, 0.15) is 17.3 Å². The van der Waals surface area contributed by atoms with E-state index in [0.717, 1.165) is 49.5 Å². The number of imidazole rings is 1. The summed E-state index contributed by atoms with van der Waals surface area (Å²) in [7, 11) is 0. The minimum absolute atomic E-state index is 0.0282. The van der Waals surface area contributed by atoms with Gasteiger partial charge >= 0.3 is 6.18 Å². The third-order valence-electron chi connectivity index (χ3n) is 4.10. The lowest BCUT2D eigenvalue weighted by atomic mass is 9.96. The Bertz CT molecular complexity index is 671. The number of hydrogen-bond acceptors (Lipinski definition) is 5. The van der Waals surface area contributed by atoms with E-state index in [1.165, 1.54) is 11.5 Å². The molecule has 0 aromatic carbocycles. The van der Waals surface area contributed by atoms with Crippen molar-refractivity contribution in [3.05, 3.63) is 23.5 Å². The van der Waals surface area contributed by atoms with Crippen molar-refractivity contribution >= 4 is 16.7 Å². The van der Waals surface area contributed by atoms with Gasteiger partial charge in [0.15, 0.2) is 0 Å². The monoisotopic (exact) mass is 359 g/mol. The van der Waals surface area contributed by atoms with Crippen LogP contribution in [0.3, 0.4) is 0 Å². The first-order valence-electron chi connectivity index (χ1n) is 8.02. The highest BCUT2D eigenvalue weighted by atomic mass is 32.1. The Labute approximate surface area is 142 Å². The van der Waals surface area contributed by atoms with Gasteiger partial charge in [-0.15, -0.1) is 0 Å². The van der Waals surface area contributed by atoms with Crippen LogP contribution in [0.4, 0.5) is 18.3 Å². The summed E-state index contributed by atoms with van der Waals surface area (Å²) in [5, 5.41) is 0.902. The number of piperidine rings is 1. The lowest BCUT2D eigenvalue weighted by molar-refractivity contribution is -0.141. The van der Waals surface area contributed by atoms with E-state index < -0.39 is 11.9 Å². The Morgan fingerprint density at radius 1 is 1.33 bits per heavy atom. The highest BCUT2D eigenvalue weighted by molar-refractivity contribution is 7.09. The molecule has 9 heteroatoms. The molecule has 0 aliphatic carbocycles. The van der Waals surface area contributed by atoms with Crippen LogP contribution in [-0.2, 0) is 12.6 Å². The van der Waals surface area contributed by atoms with Gasteiger partial charge < -0.3 is 9.88 Å². The SMILES string of the molecule is CC(C)Cc1nsc(N2CCC(c3ncc(C(F)(F)F)[nH]3)CC2)n1. The van der Waals surface area contributed by atoms with Crippen LogP contribution in [0.15, 0.2) is 6.20 Å². The molecule has 0 radical (unpaired) electrons. The van der Waals surface area contributed by atoms with Crippen LogP contribution in [0.2, 0.25) is 0 Å². The Balaban J connectivity index is 1.59. The number of halogens is 3. The normalized spacial score (nSPS) is 17.0. The van der Waals surface area contributed by atoms with Gasteiger partial charge in [-0.1, -0.05) is 13.8 Å². The van der Waals surface area contributed by atoms with Gasteiger partial charge in [0.2, 0.25) is 5.13 Å². The van der Waals surface area contributed by atoms with E-state index in [1.54, 1.807) is 0 Å². The van der Waals surface area contributed by atoms with Crippen molar-refractivity contribution in [1.29, 1.82) is 0 Å². The molecule has 24 heavy (non-hydrogen) atoms. The summed E-state index contributed by atoms with van der Waals surface area (Å²) in [5.74, 6) is 1.84. The minimum atomic E-state index is -4.37. The van der Waals surface area contributed by atoms with Crippen LogP contribution in [0.5, 0.6) is 0 Å². The summed E-state index contributed by atoms with van der Waals surface area (Å²) >= 11 is 1.40. The minimum Gasteiger partial charge on any atom is -0.347 e. The molecule has 1 aliphatic rings. The number of rotatable bonds is 4. The Kier molecular flexibility index (Phi) is 4.80. The number of aromatic nitrogens is 4. The van der Waals surface area contributed by atoms with Gasteiger partial charge in [-0.2, -0.15) is 17.5 Å². The largest absolute Gasteiger partial charge is 0.432 e. The first-order valence-corrected chi connectivity index (χ1v) is 8.80. The third-order valence-corrected chi connectivity index (χ3v) is 4.92. The summed E-state index contributed by atoms with van der Waals surface area (Å²) < 4.78 is 42.3. The molecule has 0 spiro atoms. The van der Waals surface area contributed by atoms with Gasteiger partial charge in [-0.3, -0.25) is 0 Å². The molecule has 3 heterocycles. The number of H-pyrrole nitrogens is 1. The molecule has 2 aromatic rings. The van der Waals surface area contributed by atoms with E-state index in [4.69, 9.17) is 0 Å². The second kappa shape index (κ2) is 6.70. The summed E-state index contributed by atoms with van der Waals surface area (Å²) in [4.78, 5) is 13.1. The molecule has 0 atom stereocenters. The maximum Gasteiger partial charge on any atom is 0.432 e. The molecule has 0 saturated carbocycles. The van der Waals surface area contributed by atoms with Gasteiger partial charge in [-0.05, 0) is 18.8 Å². The Morgan fingerprint density at radius 2 is 2.04 bits per heavy atom. The fourth-order valence-corrected chi connectivity index (χ4v) is 3.60. The van der Waals surface area contributed by atoms with E-state index in [0.29, 0.717) is 11.7 Å². The van der Waals surface area contributed by atoms with Crippen LogP contribution in [-0.4, -0.2) is 32.4 Å². The lowest BCUT2D eigenvalue weighted by Crippen LogP contribution is -2.33. The molecule has 0 bridgehead atoms. The molecule has 132 valence electrons. The van der Waals surface area contributed by atoms with Crippen LogP contribution in [0.25, 0.3) is 0 Å². The van der Waals surface area contributed by atoms with E-state index in [-0.39, 0.29) is 5.92 Å². The Hall–Kier alpha value is -1.64. The first kappa shape index (κ1) is 17.2. The van der Waals surface area contributed by atoms with Crippen LogP contribution < -0.4 is 4.90 Å². The number of alkyl halides is 3. The van der Waals surface area contributed by atoms with E-state index >= 15 is 0 Å². The second-order valence-electron chi connectivity index (χ2n) is 6.53. The molecule has 5 nitrogen and oxygen atoms in total. The smallest absolute Gasteiger partial charge is 0.347 e.